The molecule has 1 nitrogen and oxygen atoms in total. The van der Waals surface area contributed by atoms with Gasteiger partial charge in [0, 0.05) is 16.8 Å². The second kappa shape index (κ2) is 9.56. The number of fused-ring (bicyclic) bond motifs is 6. The molecule has 1 fully saturated rings. The van der Waals surface area contributed by atoms with Crippen LogP contribution in [0.1, 0.15) is 46.1 Å². The van der Waals surface area contributed by atoms with Gasteiger partial charge in [0.1, 0.15) is 0 Å². The molecule has 1 aliphatic carbocycles. The summed E-state index contributed by atoms with van der Waals surface area (Å²) < 4.78 is 0. The molecule has 0 saturated heterocycles. The van der Waals surface area contributed by atoms with Gasteiger partial charge in [-0.3, -0.25) is 0 Å². The van der Waals surface area contributed by atoms with Crippen LogP contribution < -0.4 is 4.90 Å². The quantitative estimate of drug-likeness (QED) is 0.184. The predicted molar refractivity (Wildman–Crippen MR) is 197 cm³/mol. The van der Waals surface area contributed by atoms with E-state index >= 15 is 0 Å². The molecule has 9 rings (SSSR count). The lowest BCUT2D eigenvalue weighted by atomic mass is 9.71. The molecule has 46 heavy (non-hydrogen) atoms. The molecule has 1 saturated carbocycles. The summed E-state index contributed by atoms with van der Waals surface area (Å²) in [6.07, 6.45) is 2.32. The molecule has 0 bridgehead atoms. The van der Waals surface area contributed by atoms with E-state index in [0.29, 0.717) is 0 Å². The van der Waals surface area contributed by atoms with Crippen LogP contribution in [0.4, 0.5) is 11.4 Å². The summed E-state index contributed by atoms with van der Waals surface area (Å²) in [5, 5.41) is 7.79. The summed E-state index contributed by atoms with van der Waals surface area (Å²) in [4.78, 5) is 2.67. The Morgan fingerprint density at radius 1 is 0.500 bits per heavy atom. The number of rotatable bonds is 3. The van der Waals surface area contributed by atoms with E-state index in [4.69, 9.17) is 0 Å². The minimum absolute atomic E-state index is 0.0127. The monoisotopic (exact) mass is 593 g/mol. The van der Waals surface area contributed by atoms with Gasteiger partial charge >= 0.3 is 0 Å². The van der Waals surface area contributed by atoms with Crippen molar-refractivity contribution in [3.63, 3.8) is 0 Å². The fourth-order valence-electron chi connectivity index (χ4n) is 9.82. The molecule has 1 heterocycles. The Morgan fingerprint density at radius 3 is 1.74 bits per heavy atom. The van der Waals surface area contributed by atoms with Crippen molar-refractivity contribution in [2.45, 2.75) is 51.5 Å². The summed E-state index contributed by atoms with van der Waals surface area (Å²) in [5.41, 5.74) is 9.64. The van der Waals surface area contributed by atoms with Gasteiger partial charge in [0.05, 0.1) is 5.54 Å². The fourth-order valence-corrected chi connectivity index (χ4v) is 9.82. The lowest BCUT2D eigenvalue weighted by molar-refractivity contribution is 0.330. The van der Waals surface area contributed by atoms with E-state index in [1.165, 1.54) is 71.5 Å². The first-order valence-corrected chi connectivity index (χ1v) is 16.7. The van der Waals surface area contributed by atoms with Crippen LogP contribution in [0.5, 0.6) is 0 Å². The van der Waals surface area contributed by atoms with E-state index in [0.717, 1.165) is 12.8 Å². The molecular formula is C45H39N. The van der Waals surface area contributed by atoms with Gasteiger partial charge in [-0.15, -0.1) is 0 Å². The number of hydrogen-bond donors (Lipinski definition) is 0. The van der Waals surface area contributed by atoms with Gasteiger partial charge in [-0.25, -0.2) is 0 Å². The predicted octanol–water partition coefficient (Wildman–Crippen LogP) is 12.5. The van der Waals surface area contributed by atoms with Crippen molar-refractivity contribution in [2.75, 3.05) is 4.90 Å². The van der Waals surface area contributed by atoms with Crippen LogP contribution in [0.25, 0.3) is 54.6 Å². The molecular weight excluding hydrogens is 555 g/mol. The lowest BCUT2D eigenvalue weighted by Crippen LogP contribution is -2.49. The lowest BCUT2D eigenvalue weighted by Gasteiger charge is -2.42. The van der Waals surface area contributed by atoms with E-state index in [2.05, 4.69) is 172 Å². The Kier molecular flexibility index (Phi) is 5.70. The second-order valence-electron chi connectivity index (χ2n) is 14.9. The summed E-state index contributed by atoms with van der Waals surface area (Å²) in [6.45, 7) is 9.97. The van der Waals surface area contributed by atoms with Gasteiger partial charge in [-0.1, -0.05) is 136 Å². The standard InChI is InChI=1S/C45H39N/c1-43(2)28-44(3)39-27-31(25-26-40(39)46(45(44,4)29-43)32-17-6-5-7-18-32)41-35-20-10-12-22-37(35)42(38-23-13-11-21-36(38)41)34-24-14-16-30-15-8-9-19-33(30)34/h5-27H,28-29H2,1-4H3. The van der Waals surface area contributed by atoms with E-state index in [-0.39, 0.29) is 16.4 Å². The van der Waals surface area contributed by atoms with Crippen LogP contribution >= 0.6 is 0 Å². The third kappa shape index (κ3) is 3.69. The highest BCUT2D eigenvalue weighted by atomic mass is 15.3. The number of para-hydroxylation sites is 1. The summed E-state index contributed by atoms with van der Waals surface area (Å²) >= 11 is 0. The second-order valence-corrected chi connectivity index (χ2v) is 14.9. The van der Waals surface area contributed by atoms with Gasteiger partial charge in [0.25, 0.3) is 0 Å². The van der Waals surface area contributed by atoms with Crippen LogP contribution in [0.2, 0.25) is 0 Å². The van der Waals surface area contributed by atoms with E-state index in [1.54, 1.807) is 0 Å². The van der Waals surface area contributed by atoms with Gasteiger partial charge in [-0.05, 0) is 110 Å². The molecule has 2 atom stereocenters. The first-order chi connectivity index (χ1) is 22.3. The minimum Gasteiger partial charge on any atom is -0.334 e. The van der Waals surface area contributed by atoms with Gasteiger partial charge < -0.3 is 4.90 Å². The average Bonchev–Trinajstić information content (AvgIpc) is 3.38. The van der Waals surface area contributed by atoms with Crippen molar-refractivity contribution in [1.29, 1.82) is 0 Å². The summed E-state index contributed by atoms with van der Waals surface area (Å²) in [7, 11) is 0. The van der Waals surface area contributed by atoms with Crippen molar-refractivity contribution in [2.24, 2.45) is 5.41 Å². The SMILES string of the molecule is CC1(C)CC2(C)c3cc(-c4c5ccccc5c(-c5cccc6ccccc56)c5ccccc45)ccc3N(c3ccccc3)C2(C)C1. The van der Waals surface area contributed by atoms with Crippen LogP contribution in [0.15, 0.2) is 140 Å². The Morgan fingerprint density at radius 2 is 1.07 bits per heavy atom. The third-order valence-corrected chi connectivity index (χ3v) is 11.5. The third-order valence-electron chi connectivity index (χ3n) is 11.5. The highest BCUT2D eigenvalue weighted by Gasteiger charge is 2.64. The highest BCUT2D eigenvalue weighted by molar-refractivity contribution is 6.23. The Balaban J connectivity index is 1.34. The Bertz CT molecular complexity index is 2270. The number of nitrogens with zero attached hydrogens (tertiary/aromatic N) is 1. The first-order valence-electron chi connectivity index (χ1n) is 16.7. The van der Waals surface area contributed by atoms with Gasteiger partial charge in [0.15, 0.2) is 0 Å². The maximum absolute atomic E-state index is 2.67. The van der Waals surface area contributed by atoms with Crippen molar-refractivity contribution < 1.29 is 0 Å². The normalized spacial score (nSPS) is 21.6. The van der Waals surface area contributed by atoms with Crippen molar-refractivity contribution in [3.8, 4) is 22.3 Å². The molecule has 0 N–H and O–H groups in total. The topological polar surface area (TPSA) is 3.24 Å². The van der Waals surface area contributed by atoms with E-state index in [1.807, 2.05) is 0 Å². The van der Waals surface area contributed by atoms with Crippen LogP contribution in [0.3, 0.4) is 0 Å². The van der Waals surface area contributed by atoms with Crippen LogP contribution in [-0.4, -0.2) is 5.54 Å². The summed E-state index contributed by atoms with van der Waals surface area (Å²) in [6, 6.07) is 52.0. The number of benzene rings is 7. The van der Waals surface area contributed by atoms with E-state index in [9.17, 15) is 0 Å². The average molecular weight is 594 g/mol. The molecule has 0 aromatic heterocycles. The molecule has 2 unspecified atom stereocenters. The zero-order valence-electron chi connectivity index (χ0n) is 27.1. The molecule has 1 aliphatic heterocycles. The molecule has 2 aliphatic rings. The van der Waals surface area contributed by atoms with Crippen molar-refractivity contribution in [3.05, 3.63) is 145 Å². The summed E-state index contributed by atoms with van der Waals surface area (Å²) in [5.74, 6) is 0. The van der Waals surface area contributed by atoms with Crippen LogP contribution in [0, 0.1) is 5.41 Å². The molecule has 7 aromatic carbocycles. The highest BCUT2D eigenvalue weighted by Crippen LogP contribution is 2.67. The van der Waals surface area contributed by atoms with Crippen LogP contribution in [-0.2, 0) is 5.41 Å². The molecule has 0 radical (unpaired) electrons. The van der Waals surface area contributed by atoms with E-state index < -0.39 is 0 Å². The van der Waals surface area contributed by atoms with Gasteiger partial charge in [-0.2, -0.15) is 0 Å². The number of hydrogen-bond acceptors (Lipinski definition) is 1. The Labute approximate surface area is 272 Å². The maximum atomic E-state index is 2.67. The first kappa shape index (κ1) is 27.4. The minimum atomic E-state index is -0.0127. The molecule has 0 spiro atoms. The molecule has 0 amide bonds. The molecule has 1 heteroatoms. The van der Waals surface area contributed by atoms with Crippen molar-refractivity contribution >= 4 is 43.7 Å². The van der Waals surface area contributed by atoms with Crippen molar-refractivity contribution in [1.82, 2.24) is 0 Å². The molecule has 224 valence electrons. The molecule has 7 aromatic rings. The number of anilines is 2. The zero-order valence-corrected chi connectivity index (χ0v) is 27.1. The fraction of sp³-hybridized carbons (Fsp3) is 0.200. The Hall–Kier alpha value is -4.88. The largest absolute Gasteiger partial charge is 0.334 e. The zero-order chi connectivity index (χ0) is 31.3. The van der Waals surface area contributed by atoms with Gasteiger partial charge in [0.2, 0.25) is 0 Å². The smallest absolute Gasteiger partial charge is 0.0523 e. The maximum Gasteiger partial charge on any atom is 0.0523 e.